The topological polar surface area (TPSA) is 109 Å². The van der Waals surface area contributed by atoms with Crippen LogP contribution < -0.4 is 11.5 Å². The zero-order valence-corrected chi connectivity index (χ0v) is 14.0. The maximum absolute atomic E-state index is 9.54. The van der Waals surface area contributed by atoms with Crippen LogP contribution in [0.15, 0.2) is 48.7 Å². The SMILES string of the molecule is CCc1c(-c2ccc(N)c(C=N)c2)cnc(N)c1-c1ccc(O)cc1. The summed E-state index contributed by atoms with van der Waals surface area (Å²) >= 11 is 0. The first-order valence-electron chi connectivity index (χ1n) is 8.02. The summed E-state index contributed by atoms with van der Waals surface area (Å²) in [5.41, 5.74) is 18.0. The summed E-state index contributed by atoms with van der Waals surface area (Å²) in [5, 5.41) is 17.0. The molecule has 5 nitrogen and oxygen atoms in total. The molecule has 0 bridgehead atoms. The van der Waals surface area contributed by atoms with E-state index in [1.807, 2.05) is 24.3 Å². The van der Waals surface area contributed by atoms with E-state index in [-0.39, 0.29) is 5.75 Å². The standard InChI is InChI=1S/C20H20N4O/c1-2-16-17(13-5-8-18(22)14(9-13)10-21)11-24-20(23)19(16)12-3-6-15(25)7-4-12/h3-11,21,25H,2,22H2,1H3,(H2,23,24). The molecule has 0 fully saturated rings. The highest BCUT2D eigenvalue weighted by Gasteiger charge is 2.15. The van der Waals surface area contributed by atoms with Crippen molar-refractivity contribution in [1.82, 2.24) is 4.98 Å². The van der Waals surface area contributed by atoms with Crippen LogP contribution in [0.25, 0.3) is 22.3 Å². The molecule has 5 heteroatoms. The number of benzene rings is 2. The predicted molar refractivity (Wildman–Crippen MR) is 103 cm³/mol. The van der Waals surface area contributed by atoms with Crippen LogP contribution in [-0.4, -0.2) is 16.3 Å². The molecule has 6 N–H and O–H groups in total. The number of rotatable bonds is 4. The molecule has 2 aromatic carbocycles. The highest BCUT2D eigenvalue weighted by atomic mass is 16.3. The Hall–Kier alpha value is -3.34. The van der Waals surface area contributed by atoms with Crippen molar-refractivity contribution in [1.29, 1.82) is 5.41 Å². The first-order chi connectivity index (χ1) is 12.0. The van der Waals surface area contributed by atoms with Crippen molar-refractivity contribution in [2.24, 2.45) is 0 Å². The van der Waals surface area contributed by atoms with Crippen LogP contribution in [0.2, 0.25) is 0 Å². The van der Waals surface area contributed by atoms with Gasteiger partial charge in [0.25, 0.3) is 0 Å². The van der Waals surface area contributed by atoms with E-state index in [9.17, 15) is 5.11 Å². The van der Waals surface area contributed by atoms with Crippen LogP contribution in [0.3, 0.4) is 0 Å². The second-order valence-electron chi connectivity index (χ2n) is 5.80. The van der Waals surface area contributed by atoms with Gasteiger partial charge in [-0.1, -0.05) is 25.1 Å². The molecular weight excluding hydrogens is 312 g/mol. The van der Waals surface area contributed by atoms with Crippen LogP contribution in [0.5, 0.6) is 5.75 Å². The van der Waals surface area contributed by atoms with Gasteiger partial charge in [-0.15, -0.1) is 0 Å². The highest BCUT2D eigenvalue weighted by Crippen LogP contribution is 2.36. The lowest BCUT2D eigenvalue weighted by Crippen LogP contribution is -2.02. The predicted octanol–water partition coefficient (Wildman–Crippen LogP) is 3.85. The first kappa shape index (κ1) is 16.5. The van der Waals surface area contributed by atoms with Gasteiger partial charge in [-0.05, 0) is 47.4 Å². The average molecular weight is 332 g/mol. The number of hydrogen-bond acceptors (Lipinski definition) is 5. The molecule has 0 amide bonds. The lowest BCUT2D eigenvalue weighted by Gasteiger charge is -2.16. The fourth-order valence-electron chi connectivity index (χ4n) is 3.00. The van der Waals surface area contributed by atoms with Crippen LogP contribution >= 0.6 is 0 Å². The molecule has 0 aliphatic rings. The molecule has 0 saturated carbocycles. The maximum atomic E-state index is 9.54. The van der Waals surface area contributed by atoms with Crippen molar-refractivity contribution >= 4 is 17.7 Å². The molecule has 0 saturated heterocycles. The van der Waals surface area contributed by atoms with Crippen molar-refractivity contribution in [3.05, 3.63) is 59.8 Å². The maximum Gasteiger partial charge on any atom is 0.131 e. The Labute approximate surface area is 146 Å². The third kappa shape index (κ3) is 3.04. The summed E-state index contributed by atoms with van der Waals surface area (Å²) in [7, 11) is 0. The van der Waals surface area contributed by atoms with Gasteiger partial charge in [0.2, 0.25) is 0 Å². The number of phenolic OH excluding ortho intramolecular Hbond substituents is 1. The molecule has 0 unspecified atom stereocenters. The third-order valence-corrected chi connectivity index (χ3v) is 4.28. The van der Waals surface area contributed by atoms with Gasteiger partial charge in [0, 0.05) is 34.8 Å². The summed E-state index contributed by atoms with van der Waals surface area (Å²) in [6, 6.07) is 12.5. The number of nitrogens with zero attached hydrogens (tertiary/aromatic N) is 1. The highest BCUT2D eigenvalue weighted by molar-refractivity contribution is 5.90. The van der Waals surface area contributed by atoms with E-state index in [4.69, 9.17) is 16.9 Å². The van der Waals surface area contributed by atoms with E-state index in [1.54, 1.807) is 24.4 Å². The molecule has 1 aromatic heterocycles. The van der Waals surface area contributed by atoms with Crippen LogP contribution in [-0.2, 0) is 6.42 Å². The van der Waals surface area contributed by atoms with Crippen molar-refractivity contribution in [3.8, 4) is 28.0 Å². The van der Waals surface area contributed by atoms with Gasteiger partial charge >= 0.3 is 0 Å². The van der Waals surface area contributed by atoms with Crippen molar-refractivity contribution < 1.29 is 5.11 Å². The number of nitrogens with one attached hydrogen (secondary N) is 1. The first-order valence-corrected chi connectivity index (χ1v) is 8.02. The van der Waals surface area contributed by atoms with Crippen LogP contribution in [0.4, 0.5) is 11.5 Å². The molecule has 0 aliphatic heterocycles. The molecule has 126 valence electrons. The minimum absolute atomic E-state index is 0.207. The molecule has 0 aliphatic carbocycles. The molecule has 0 spiro atoms. The van der Waals surface area contributed by atoms with Gasteiger partial charge in [-0.25, -0.2) is 4.98 Å². The molecule has 0 radical (unpaired) electrons. The van der Waals surface area contributed by atoms with Crippen molar-refractivity contribution in [2.75, 3.05) is 11.5 Å². The quantitative estimate of drug-likeness (QED) is 0.430. The summed E-state index contributed by atoms with van der Waals surface area (Å²) < 4.78 is 0. The number of hydrogen-bond donors (Lipinski definition) is 4. The van der Waals surface area contributed by atoms with Gasteiger partial charge in [0.05, 0.1) is 0 Å². The minimum atomic E-state index is 0.207. The Bertz CT molecular complexity index is 933. The Morgan fingerprint density at radius 3 is 2.40 bits per heavy atom. The Morgan fingerprint density at radius 2 is 1.76 bits per heavy atom. The van der Waals surface area contributed by atoms with E-state index >= 15 is 0 Å². The largest absolute Gasteiger partial charge is 0.508 e. The van der Waals surface area contributed by atoms with Gasteiger partial charge in [0.1, 0.15) is 11.6 Å². The molecule has 1 heterocycles. The van der Waals surface area contributed by atoms with Gasteiger partial charge in [-0.3, -0.25) is 0 Å². The normalized spacial score (nSPS) is 10.6. The lowest BCUT2D eigenvalue weighted by molar-refractivity contribution is 0.475. The number of anilines is 2. The summed E-state index contributed by atoms with van der Waals surface area (Å²) in [6.45, 7) is 2.07. The van der Waals surface area contributed by atoms with E-state index in [2.05, 4.69) is 11.9 Å². The lowest BCUT2D eigenvalue weighted by atomic mass is 9.91. The average Bonchev–Trinajstić information content (AvgIpc) is 2.63. The molecular formula is C20H20N4O. The van der Waals surface area contributed by atoms with Crippen molar-refractivity contribution in [3.63, 3.8) is 0 Å². The molecule has 3 rings (SSSR count). The number of aromatic hydroxyl groups is 1. The monoisotopic (exact) mass is 332 g/mol. The zero-order chi connectivity index (χ0) is 18.0. The Balaban J connectivity index is 2.24. The summed E-state index contributed by atoms with van der Waals surface area (Å²) in [5.74, 6) is 0.660. The van der Waals surface area contributed by atoms with Crippen molar-refractivity contribution in [2.45, 2.75) is 13.3 Å². The summed E-state index contributed by atoms with van der Waals surface area (Å²) in [4.78, 5) is 4.37. The van der Waals surface area contributed by atoms with Gasteiger partial charge in [0.15, 0.2) is 0 Å². The minimum Gasteiger partial charge on any atom is -0.508 e. The Kier molecular flexibility index (Phi) is 4.39. The van der Waals surface area contributed by atoms with E-state index in [0.717, 1.165) is 34.2 Å². The Morgan fingerprint density at radius 1 is 1.08 bits per heavy atom. The molecule has 3 aromatic rings. The fourth-order valence-corrected chi connectivity index (χ4v) is 3.00. The number of phenols is 1. The van der Waals surface area contributed by atoms with E-state index in [1.165, 1.54) is 6.21 Å². The van der Waals surface area contributed by atoms with Crippen LogP contribution in [0.1, 0.15) is 18.1 Å². The van der Waals surface area contributed by atoms with E-state index < -0.39 is 0 Å². The van der Waals surface area contributed by atoms with Crippen LogP contribution in [0, 0.1) is 5.41 Å². The van der Waals surface area contributed by atoms with Gasteiger partial charge in [-0.2, -0.15) is 0 Å². The zero-order valence-electron chi connectivity index (χ0n) is 14.0. The number of nitrogen functional groups attached to an aromatic ring is 2. The number of nitrogens with two attached hydrogens (primary N) is 2. The number of aromatic nitrogens is 1. The van der Waals surface area contributed by atoms with Gasteiger partial charge < -0.3 is 22.0 Å². The molecule has 25 heavy (non-hydrogen) atoms. The summed E-state index contributed by atoms with van der Waals surface area (Å²) in [6.07, 6.45) is 3.77. The third-order valence-electron chi connectivity index (χ3n) is 4.28. The number of pyridine rings is 1. The second kappa shape index (κ2) is 6.65. The van der Waals surface area contributed by atoms with E-state index in [0.29, 0.717) is 17.1 Å². The second-order valence-corrected chi connectivity index (χ2v) is 5.80. The smallest absolute Gasteiger partial charge is 0.131 e. The molecule has 0 atom stereocenters. The fraction of sp³-hybridized carbons (Fsp3) is 0.100.